The summed E-state index contributed by atoms with van der Waals surface area (Å²) < 4.78 is 15.7. The van der Waals surface area contributed by atoms with Gasteiger partial charge in [0.1, 0.15) is 0 Å². The minimum Gasteiger partial charge on any atom is -0.475 e. The van der Waals surface area contributed by atoms with Crippen LogP contribution in [0.4, 0.5) is 0 Å². The lowest BCUT2D eigenvalue weighted by molar-refractivity contribution is 0.0653. The first kappa shape index (κ1) is 15.9. The lowest BCUT2D eigenvalue weighted by Gasteiger charge is -2.15. The number of hydrogen-bond acceptors (Lipinski definition) is 5. The summed E-state index contributed by atoms with van der Waals surface area (Å²) in [4.78, 5) is 24.8. The van der Waals surface area contributed by atoms with E-state index >= 15 is 0 Å². The maximum absolute atomic E-state index is 12.3. The Bertz CT molecular complexity index is 794. The molecule has 0 bridgehead atoms. The number of nitrogens with zero attached hydrogens (tertiary/aromatic N) is 1. The van der Waals surface area contributed by atoms with Gasteiger partial charge in [0.15, 0.2) is 17.3 Å². The number of furan rings is 1. The summed E-state index contributed by atoms with van der Waals surface area (Å²) in [5.41, 5.74) is 1.44. The summed E-state index contributed by atoms with van der Waals surface area (Å²) in [5, 5.41) is 8.99. The molecule has 7 nitrogen and oxygen atoms in total. The molecule has 126 valence electrons. The Morgan fingerprint density at radius 3 is 2.67 bits per heavy atom. The SMILES string of the molecule is Cc1cc(C(=O)N(C)CCc2ccc3c(c2)OCO3)oc1C(=O)O. The first-order valence-corrected chi connectivity index (χ1v) is 7.43. The first-order chi connectivity index (χ1) is 11.5. The van der Waals surface area contributed by atoms with Crippen LogP contribution in [0.25, 0.3) is 0 Å². The second-order valence-corrected chi connectivity index (χ2v) is 5.59. The molecule has 0 atom stereocenters. The van der Waals surface area contributed by atoms with Gasteiger partial charge in [0.2, 0.25) is 12.6 Å². The molecule has 0 unspecified atom stereocenters. The number of rotatable bonds is 5. The van der Waals surface area contributed by atoms with Crippen LogP contribution in [0.2, 0.25) is 0 Å². The standard InChI is InChI=1S/C17H17NO6/c1-10-7-14(24-15(10)17(20)21)16(19)18(2)6-5-11-3-4-12-13(8-11)23-9-22-12/h3-4,7-8H,5-6,9H2,1-2H3,(H,20,21). The van der Waals surface area contributed by atoms with Crippen molar-refractivity contribution in [3.63, 3.8) is 0 Å². The van der Waals surface area contributed by atoms with E-state index in [1.54, 1.807) is 14.0 Å². The maximum atomic E-state index is 12.3. The van der Waals surface area contributed by atoms with E-state index in [1.807, 2.05) is 18.2 Å². The number of carboxylic acid groups (broad SMARTS) is 1. The van der Waals surface area contributed by atoms with Gasteiger partial charge in [0, 0.05) is 19.2 Å². The van der Waals surface area contributed by atoms with Crippen LogP contribution in [0, 0.1) is 6.92 Å². The molecule has 0 fully saturated rings. The largest absolute Gasteiger partial charge is 0.475 e. The molecule has 2 aromatic rings. The van der Waals surface area contributed by atoms with Gasteiger partial charge in [-0.25, -0.2) is 4.79 Å². The van der Waals surface area contributed by atoms with Crippen molar-refractivity contribution in [1.29, 1.82) is 0 Å². The fraction of sp³-hybridized carbons (Fsp3) is 0.294. The highest BCUT2D eigenvalue weighted by Gasteiger charge is 2.21. The third-order valence-corrected chi connectivity index (χ3v) is 3.84. The molecule has 0 aliphatic carbocycles. The number of aromatic carboxylic acids is 1. The Morgan fingerprint density at radius 1 is 1.21 bits per heavy atom. The van der Waals surface area contributed by atoms with Gasteiger partial charge in [0.05, 0.1) is 0 Å². The molecular formula is C17H17NO6. The van der Waals surface area contributed by atoms with E-state index in [1.165, 1.54) is 11.0 Å². The molecule has 0 spiro atoms. The second kappa shape index (κ2) is 6.27. The predicted molar refractivity (Wildman–Crippen MR) is 83.6 cm³/mol. The fourth-order valence-corrected chi connectivity index (χ4v) is 2.48. The summed E-state index contributed by atoms with van der Waals surface area (Å²) in [6.07, 6.45) is 0.629. The molecule has 7 heteroatoms. The van der Waals surface area contributed by atoms with Crippen LogP contribution in [-0.4, -0.2) is 42.3 Å². The average molecular weight is 331 g/mol. The molecule has 1 aromatic heterocycles. The van der Waals surface area contributed by atoms with E-state index in [0.29, 0.717) is 24.3 Å². The lowest BCUT2D eigenvalue weighted by Crippen LogP contribution is -2.28. The Balaban J connectivity index is 1.64. The number of carbonyl (C=O) groups excluding carboxylic acids is 1. The van der Waals surface area contributed by atoms with Crippen molar-refractivity contribution in [2.45, 2.75) is 13.3 Å². The van der Waals surface area contributed by atoms with Crippen LogP contribution in [-0.2, 0) is 6.42 Å². The van der Waals surface area contributed by atoms with Gasteiger partial charge in [-0.05, 0) is 37.1 Å². The zero-order valence-corrected chi connectivity index (χ0v) is 13.4. The number of likely N-dealkylation sites (N-methyl/N-ethyl adjacent to an activating group) is 1. The van der Waals surface area contributed by atoms with Crippen molar-refractivity contribution >= 4 is 11.9 Å². The molecule has 0 saturated carbocycles. The van der Waals surface area contributed by atoms with Gasteiger partial charge < -0.3 is 23.9 Å². The summed E-state index contributed by atoms with van der Waals surface area (Å²) in [5.74, 6) is -0.300. The van der Waals surface area contributed by atoms with E-state index in [-0.39, 0.29) is 24.2 Å². The summed E-state index contributed by atoms with van der Waals surface area (Å²) in [7, 11) is 1.65. The Morgan fingerprint density at radius 2 is 1.96 bits per heavy atom. The van der Waals surface area contributed by atoms with Crippen LogP contribution in [0.3, 0.4) is 0 Å². The molecule has 1 amide bonds. The lowest BCUT2D eigenvalue weighted by atomic mass is 10.1. The van der Waals surface area contributed by atoms with E-state index in [2.05, 4.69) is 0 Å². The number of benzene rings is 1. The molecule has 24 heavy (non-hydrogen) atoms. The average Bonchev–Trinajstić information content (AvgIpc) is 3.17. The molecule has 3 rings (SSSR count). The van der Waals surface area contributed by atoms with Crippen LogP contribution >= 0.6 is 0 Å². The Hall–Kier alpha value is -2.96. The normalized spacial score (nSPS) is 12.2. The van der Waals surface area contributed by atoms with Gasteiger partial charge >= 0.3 is 5.97 Å². The quantitative estimate of drug-likeness (QED) is 0.904. The van der Waals surface area contributed by atoms with Crippen molar-refractivity contribution < 1.29 is 28.6 Å². The third kappa shape index (κ3) is 3.05. The Kier molecular flexibility index (Phi) is 4.16. The highest BCUT2D eigenvalue weighted by atomic mass is 16.7. The van der Waals surface area contributed by atoms with E-state index in [0.717, 1.165) is 11.3 Å². The number of carboxylic acids is 1. The molecule has 0 radical (unpaired) electrons. The molecule has 1 aromatic carbocycles. The number of aryl methyl sites for hydroxylation is 1. The minimum atomic E-state index is -1.19. The van der Waals surface area contributed by atoms with Crippen LogP contribution in [0.1, 0.15) is 32.2 Å². The van der Waals surface area contributed by atoms with E-state index < -0.39 is 5.97 Å². The summed E-state index contributed by atoms with van der Waals surface area (Å²) in [6, 6.07) is 7.10. The van der Waals surface area contributed by atoms with Crippen LogP contribution in [0.15, 0.2) is 28.7 Å². The topological polar surface area (TPSA) is 89.2 Å². The molecule has 1 aliphatic rings. The van der Waals surface area contributed by atoms with Gasteiger partial charge in [-0.2, -0.15) is 0 Å². The van der Waals surface area contributed by atoms with Crippen molar-refractivity contribution in [3.05, 3.63) is 46.9 Å². The van der Waals surface area contributed by atoms with Crippen molar-refractivity contribution in [2.24, 2.45) is 0 Å². The highest BCUT2D eigenvalue weighted by Crippen LogP contribution is 2.32. The van der Waals surface area contributed by atoms with Crippen LogP contribution in [0.5, 0.6) is 11.5 Å². The number of ether oxygens (including phenoxy) is 2. The van der Waals surface area contributed by atoms with Gasteiger partial charge in [-0.15, -0.1) is 0 Å². The number of fused-ring (bicyclic) bond motifs is 1. The zero-order chi connectivity index (χ0) is 17.3. The monoisotopic (exact) mass is 331 g/mol. The molecular weight excluding hydrogens is 314 g/mol. The minimum absolute atomic E-state index is 0.0260. The maximum Gasteiger partial charge on any atom is 0.372 e. The van der Waals surface area contributed by atoms with E-state index in [9.17, 15) is 9.59 Å². The van der Waals surface area contributed by atoms with Crippen molar-refractivity contribution in [2.75, 3.05) is 20.4 Å². The third-order valence-electron chi connectivity index (χ3n) is 3.84. The first-order valence-electron chi connectivity index (χ1n) is 7.43. The number of amides is 1. The molecule has 1 aliphatic heterocycles. The summed E-state index contributed by atoms with van der Waals surface area (Å²) >= 11 is 0. The van der Waals surface area contributed by atoms with Gasteiger partial charge in [-0.3, -0.25) is 4.79 Å². The van der Waals surface area contributed by atoms with Crippen LogP contribution < -0.4 is 9.47 Å². The number of hydrogen-bond donors (Lipinski definition) is 1. The number of carbonyl (C=O) groups is 2. The van der Waals surface area contributed by atoms with Crippen molar-refractivity contribution in [3.8, 4) is 11.5 Å². The molecule has 2 heterocycles. The molecule has 0 saturated heterocycles. The highest BCUT2D eigenvalue weighted by molar-refractivity contribution is 5.94. The predicted octanol–water partition coefficient (Wildman–Crippen LogP) is 2.33. The van der Waals surface area contributed by atoms with Gasteiger partial charge in [0.25, 0.3) is 5.91 Å². The second-order valence-electron chi connectivity index (χ2n) is 5.59. The van der Waals surface area contributed by atoms with E-state index in [4.69, 9.17) is 19.0 Å². The fourth-order valence-electron chi connectivity index (χ4n) is 2.48. The smallest absolute Gasteiger partial charge is 0.372 e. The van der Waals surface area contributed by atoms with Gasteiger partial charge in [-0.1, -0.05) is 6.07 Å². The Labute approximate surface area is 138 Å². The summed E-state index contributed by atoms with van der Waals surface area (Å²) in [6.45, 7) is 2.28. The zero-order valence-electron chi connectivity index (χ0n) is 13.4. The molecule has 1 N–H and O–H groups in total. The van der Waals surface area contributed by atoms with Crippen molar-refractivity contribution in [1.82, 2.24) is 4.90 Å².